The summed E-state index contributed by atoms with van der Waals surface area (Å²) in [5, 5.41) is 3.30. The zero-order valence-corrected chi connectivity index (χ0v) is 13.7. The van der Waals surface area contributed by atoms with E-state index in [1.54, 1.807) is 11.3 Å². The summed E-state index contributed by atoms with van der Waals surface area (Å²) in [6.07, 6.45) is 2.27. The first-order chi connectivity index (χ1) is 9.01. The van der Waals surface area contributed by atoms with Gasteiger partial charge in [-0.15, -0.1) is 22.9 Å². The number of likely N-dealkylation sites (N-methyl/N-ethyl adjacent to an activating group) is 1. The van der Waals surface area contributed by atoms with Crippen molar-refractivity contribution < 1.29 is 0 Å². The monoisotopic (exact) mass is 301 g/mol. The Labute approximate surface area is 125 Å². The Morgan fingerprint density at radius 3 is 2.84 bits per heavy atom. The van der Waals surface area contributed by atoms with Crippen LogP contribution in [0.2, 0.25) is 0 Å². The molecule has 108 valence electrons. The number of alkyl halides is 1. The molecule has 1 aliphatic rings. The Bertz CT molecular complexity index is 405. The topological polar surface area (TPSA) is 19.4 Å². The van der Waals surface area contributed by atoms with Crippen LogP contribution in [0.1, 0.15) is 31.0 Å². The first kappa shape index (κ1) is 15.2. The quantitative estimate of drug-likeness (QED) is 0.780. The smallest absolute Gasteiger partial charge is 0.0929 e. The maximum Gasteiger partial charge on any atom is 0.0929 e. The molecule has 0 bridgehead atoms. The van der Waals surface area contributed by atoms with Crippen molar-refractivity contribution in [3.63, 3.8) is 0 Å². The van der Waals surface area contributed by atoms with Crippen LogP contribution in [0.15, 0.2) is 5.38 Å². The Hall–Kier alpha value is -0.160. The van der Waals surface area contributed by atoms with Gasteiger partial charge in [0.1, 0.15) is 0 Å². The van der Waals surface area contributed by atoms with Crippen LogP contribution >= 0.6 is 22.9 Å². The molecule has 2 rings (SSSR count). The lowest BCUT2D eigenvalue weighted by Crippen LogP contribution is -2.57. The highest BCUT2D eigenvalue weighted by molar-refractivity contribution is 7.09. The van der Waals surface area contributed by atoms with Gasteiger partial charge in [-0.2, -0.15) is 0 Å². The van der Waals surface area contributed by atoms with Crippen LogP contribution in [0.5, 0.6) is 0 Å². The van der Waals surface area contributed by atoms with E-state index in [0.717, 1.165) is 18.7 Å². The zero-order chi connectivity index (χ0) is 13.9. The zero-order valence-electron chi connectivity index (χ0n) is 12.2. The number of thiazole rings is 1. The van der Waals surface area contributed by atoms with E-state index in [1.807, 2.05) is 0 Å². The highest BCUT2D eigenvalue weighted by atomic mass is 35.5. The molecule has 0 aromatic carbocycles. The lowest BCUT2D eigenvalue weighted by Gasteiger charge is -2.45. The minimum absolute atomic E-state index is 0.297. The number of hydrogen-bond acceptors (Lipinski definition) is 4. The molecular formula is C14H24ClN3S. The van der Waals surface area contributed by atoms with Gasteiger partial charge in [0.2, 0.25) is 0 Å². The predicted molar refractivity (Wildman–Crippen MR) is 83.1 cm³/mol. The van der Waals surface area contributed by atoms with E-state index in [9.17, 15) is 0 Å². The summed E-state index contributed by atoms with van der Waals surface area (Å²) >= 11 is 7.51. The fourth-order valence-corrected chi connectivity index (χ4v) is 3.58. The molecule has 1 fully saturated rings. The molecule has 2 heterocycles. The van der Waals surface area contributed by atoms with Crippen molar-refractivity contribution in [2.45, 2.75) is 38.1 Å². The molecule has 0 unspecified atom stereocenters. The lowest BCUT2D eigenvalue weighted by atomic mass is 9.99. The van der Waals surface area contributed by atoms with Gasteiger partial charge in [0, 0.05) is 37.0 Å². The first-order valence-electron chi connectivity index (χ1n) is 6.94. The first-order valence-corrected chi connectivity index (χ1v) is 8.35. The summed E-state index contributed by atoms with van der Waals surface area (Å²) in [4.78, 5) is 9.55. The van der Waals surface area contributed by atoms with Crippen LogP contribution < -0.4 is 0 Å². The molecule has 0 aliphatic carbocycles. The molecule has 1 aliphatic heterocycles. The number of piperazine rings is 1. The molecule has 3 nitrogen and oxygen atoms in total. The molecule has 0 N–H and O–H groups in total. The van der Waals surface area contributed by atoms with Gasteiger partial charge in [-0.1, -0.05) is 0 Å². The summed E-state index contributed by atoms with van der Waals surface area (Å²) in [5.74, 6) is 0.531. The largest absolute Gasteiger partial charge is 0.300 e. The average Bonchev–Trinajstić information content (AvgIpc) is 2.81. The van der Waals surface area contributed by atoms with Gasteiger partial charge in [0.25, 0.3) is 0 Å². The number of halogens is 1. The van der Waals surface area contributed by atoms with E-state index in [4.69, 9.17) is 11.6 Å². The van der Waals surface area contributed by atoms with Crippen LogP contribution in [0.25, 0.3) is 0 Å². The van der Waals surface area contributed by atoms with Crippen LogP contribution in [-0.4, -0.2) is 53.5 Å². The molecule has 0 atom stereocenters. The van der Waals surface area contributed by atoms with E-state index >= 15 is 0 Å². The molecule has 1 saturated heterocycles. The fraction of sp³-hybridized carbons (Fsp3) is 0.786. The third-order valence-corrected chi connectivity index (χ3v) is 5.23. The predicted octanol–water partition coefficient (Wildman–Crippen LogP) is 2.84. The lowest BCUT2D eigenvalue weighted by molar-refractivity contribution is 0.0396. The number of rotatable bonds is 5. The molecule has 5 heteroatoms. The molecule has 0 spiro atoms. The van der Waals surface area contributed by atoms with Crippen LogP contribution in [0.4, 0.5) is 0 Å². The highest BCUT2D eigenvalue weighted by Gasteiger charge is 2.30. The van der Waals surface area contributed by atoms with Crippen molar-refractivity contribution in [2.24, 2.45) is 0 Å². The molecule has 0 amide bonds. The molecule has 0 saturated carbocycles. The van der Waals surface area contributed by atoms with Crippen LogP contribution in [0.3, 0.4) is 0 Å². The Kier molecular flexibility index (Phi) is 5.23. The molecule has 1 aromatic heterocycles. The standard InChI is InChI=1S/C14H24ClN3S/c1-14(2)11-18(8-7-17(14)3)6-4-5-13-16-12(9-15)10-19-13/h10H,4-9,11H2,1-3H3. The maximum atomic E-state index is 5.77. The highest BCUT2D eigenvalue weighted by Crippen LogP contribution is 2.19. The van der Waals surface area contributed by atoms with Crippen molar-refractivity contribution >= 4 is 22.9 Å². The third kappa shape index (κ3) is 4.15. The van der Waals surface area contributed by atoms with E-state index in [0.29, 0.717) is 11.4 Å². The Balaban J connectivity index is 1.74. The SMILES string of the molecule is CN1CCN(CCCc2nc(CCl)cs2)CC1(C)C. The van der Waals surface area contributed by atoms with Gasteiger partial charge in [-0.05, 0) is 33.9 Å². The van der Waals surface area contributed by atoms with Gasteiger partial charge in [0.15, 0.2) is 0 Å². The summed E-state index contributed by atoms with van der Waals surface area (Å²) < 4.78 is 0. The Morgan fingerprint density at radius 2 is 2.21 bits per heavy atom. The minimum atomic E-state index is 0.297. The fourth-order valence-electron chi connectivity index (χ4n) is 2.51. The second kappa shape index (κ2) is 6.53. The van der Waals surface area contributed by atoms with Crippen molar-refractivity contribution in [1.29, 1.82) is 0 Å². The van der Waals surface area contributed by atoms with Gasteiger partial charge in [-0.25, -0.2) is 4.98 Å². The molecule has 19 heavy (non-hydrogen) atoms. The van der Waals surface area contributed by atoms with Crippen LogP contribution in [-0.2, 0) is 12.3 Å². The van der Waals surface area contributed by atoms with Crippen molar-refractivity contribution in [1.82, 2.24) is 14.8 Å². The summed E-state index contributed by atoms with van der Waals surface area (Å²) in [5.41, 5.74) is 1.31. The molecule has 1 aromatic rings. The second-order valence-electron chi connectivity index (χ2n) is 5.98. The Morgan fingerprint density at radius 1 is 1.42 bits per heavy atom. The second-order valence-corrected chi connectivity index (χ2v) is 7.19. The van der Waals surface area contributed by atoms with Crippen molar-refractivity contribution in [3.05, 3.63) is 16.1 Å². The van der Waals surface area contributed by atoms with Crippen LogP contribution in [0, 0.1) is 0 Å². The third-order valence-electron chi connectivity index (χ3n) is 4.00. The number of hydrogen-bond donors (Lipinski definition) is 0. The van der Waals surface area contributed by atoms with Gasteiger partial charge in [0.05, 0.1) is 16.6 Å². The van der Waals surface area contributed by atoms with Gasteiger partial charge in [-0.3, -0.25) is 4.90 Å². The average molecular weight is 302 g/mol. The number of aromatic nitrogens is 1. The summed E-state index contributed by atoms with van der Waals surface area (Å²) in [7, 11) is 2.22. The van der Waals surface area contributed by atoms with E-state index in [-0.39, 0.29) is 0 Å². The summed E-state index contributed by atoms with van der Waals surface area (Å²) in [6.45, 7) is 9.34. The normalized spacial score (nSPS) is 20.8. The number of aryl methyl sites for hydroxylation is 1. The molecular weight excluding hydrogens is 278 g/mol. The molecule has 0 radical (unpaired) electrons. The van der Waals surface area contributed by atoms with Crippen molar-refractivity contribution in [2.75, 3.05) is 33.2 Å². The van der Waals surface area contributed by atoms with Crippen molar-refractivity contribution in [3.8, 4) is 0 Å². The minimum Gasteiger partial charge on any atom is -0.300 e. The van der Waals surface area contributed by atoms with E-state index < -0.39 is 0 Å². The number of nitrogens with zero attached hydrogens (tertiary/aromatic N) is 3. The van der Waals surface area contributed by atoms with E-state index in [2.05, 4.69) is 41.1 Å². The van der Waals surface area contributed by atoms with Gasteiger partial charge >= 0.3 is 0 Å². The van der Waals surface area contributed by atoms with Gasteiger partial charge < -0.3 is 4.90 Å². The van der Waals surface area contributed by atoms with E-state index in [1.165, 1.54) is 31.1 Å². The maximum absolute atomic E-state index is 5.77. The summed E-state index contributed by atoms with van der Waals surface area (Å²) in [6, 6.07) is 0.